The lowest BCUT2D eigenvalue weighted by molar-refractivity contribution is 0.00316. The Morgan fingerprint density at radius 3 is 1.80 bits per heavy atom. The maximum atomic E-state index is 10.9. The Morgan fingerprint density at radius 1 is 0.633 bits per heavy atom. The van der Waals surface area contributed by atoms with Gasteiger partial charge in [0.15, 0.2) is 23.0 Å². The first-order valence-corrected chi connectivity index (χ1v) is 16.4. The highest BCUT2D eigenvalue weighted by molar-refractivity contribution is 5.98. The predicted molar refractivity (Wildman–Crippen MR) is 185 cm³/mol. The van der Waals surface area contributed by atoms with E-state index in [4.69, 9.17) is 23.9 Å². The van der Waals surface area contributed by atoms with E-state index in [-0.39, 0.29) is 29.1 Å². The van der Waals surface area contributed by atoms with Crippen LogP contribution < -0.4 is 9.47 Å². The zero-order chi connectivity index (χ0) is 34.6. The topological polar surface area (TPSA) is 130 Å². The Labute approximate surface area is 285 Å². The lowest BCUT2D eigenvalue weighted by Crippen LogP contribution is -2.36. The maximum absolute atomic E-state index is 10.9. The van der Waals surface area contributed by atoms with Crippen molar-refractivity contribution in [2.45, 2.75) is 57.5 Å². The summed E-state index contributed by atoms with van der Waals surface area (Å²) in [5, 5.41) is 42.0. The Balaban J connectivity index is 1.40. The molecule has 4 aromatic carbocycles. The van der Waals surface area contributed by atoms with Crippen LogP contribution in [0.25, 0.3) is 0 Å². The van der Waals surface area contributed by atoms with Crippen molar-refractivity contribution in [2.75, 3.05) is 21.3 Å². The highest BCUT2D eigenvalue weighted by Crippen LogP contribution is 2.64. The molecule has 1 aliphatic carbocycles. The number of methoxy groups -OCH3 is 2. The number of aromatic hydroxyl groups is 4. The molecular formula is C40H41NO8. The number of rotatable bonds is 6. The molecule has 0 bridgehead atoms. The summed E-state index contributed by atoms with van der Waals surface area (Å²) < 4.78 is 24.8. The summed E-state index contributed by atoms with van der Waals surface area (Å²) in [4.78, 5) is 4.95. The number of nitrogens with zero attached hydrogens (tertiary/aromatic N) is 1. The molecule has 9 nitrogen and oxygen atoms in total. The van der Waals surface area contributed by atoms with Gasteiger partial charge in [-0.2, -0.15) is 0 Å². The molecule has 1 spiro atoms. The van der Waals surface area contributed by atoms with E-state index in [1.807, 2.05) is 56.3 Å². The minimum absolute atomic E-state index is 0.0226. The molecule has 0 radical (unpaired) electrons. The molecule has 0 amide bonds. The molecule has 7 rings (SSSR count). The van der Waals surface area contributed by atoms with Gasteiger partial charge in [0, 0.05) is 12.5 Å². The molecule has 2 heterocycles. The van der Waals surface area contributed by atoms with Crippen LogP contribution in [0.4, 0.5) is 0 Å². The summed E-state index contributed by atoms with van der Waals surface area (Å²) in [6.45, 7) is 3.74. The fraction of sp³-hybridized carbons (Fsp3) is 0.325. The van der Waals surface area contributed by atoms with Crippen LogP contribution in [0, 0.1) is 19.3 Å². The van der Waals surface area contributed by atoms with Gasteiger partial charge in [-0.25, -0.2) is 0 Å². The van der Waals surface area contributed by atoms with Gasteiger partial charge in [-0.15, -0.1) is 0 Å². The summed E-state index contributed by atoms with van der Waals surface area (Å²) in [6, 6.07) is 21.8. The van der Waals surface area contributed by atoms with Crippen LogP contribution in [0.1, 0.15) is 77.1 Å². The smallest absolute Gasteiger partial charge is 0.160 e. The Hall–Kier alpha value is -4.99. The van der Waals surface area contributed by atoms with Crippen LogP contribution in [0.5, 0.6) is 34.5 Å². The first-order chi connectivity index (χ1) is 23.6. The van der Waals surface area contributed by atoms with Gasteiger partial charge in [0.25, 0.3) is 0 Å². The molecule has 254 valence electrons. The summed E-state index contributed by atoms with van der Waals surface area (Å²) in [7, 11) is 4.84. The van der Waals surface area contributed by atoms with Crippen molar-refractivity contribution in [3.8, 4) is 34.5 Å². The van der Waals surface area contributed by atoms with E-state index in [9.17, 15) is 20.4 Å². The highest BCUT2D eigenvalue weighted by atomic mass is 16.5. The van der Waals surface area contributed by atoms with Gasteiger partial charge >= 0.3 is 0 Å². The predicted octanol–water partition coefficient (Wildman–Crippen LogP) is 8.01. The number of hydrogen-bond donors (Lipinski definition) is 4. The van der Waals surface area contributed by atoms with E-state index in [2.05, 4.69) is 0 Å². The Bertz CT molecular complexity index is 2000. The van der Waals surface area contributed by atoms with Crippen molar-refractivity contribution in [3.05, 3.63) is 117 Å². The van der Waals surface area contributed by atoms with Crippen LogP contribution in [0.15, 0.2) is 88.9 Å². The monoisotopic (exact) mass is 663 g/mol. The number of aliphatic imine (C=N–C) groups is 1. The third-order valence-corrected chi connectivity index (χ3v) is 10.5. The molecular weight excluding hydrogens is 622 g/mol. The van der Waals surface area contributed by atoms with Crippen LogP contribution in [0.3, 0.4) is 0 Å². The fourth-order valence-corrected chi connectivity index (χ4v) is 8.03. The van der Waals surface area contributed by atoms with E-state index in [0.29, 0.717) is 30.8 Å². The molecule has 0 unspecified atom stereocenters. The largest absolute Gasteiger partial charge is 0.508 e. The van der Waals surface area contributed by atoms with E-state index >= 15 is 0 Å². The van der Waals surface area contributed by atoms with Gasteiger partial charge in [0.1, 0.15) is 29.8 Å². The van der Waals surface area contributed by atoms with E-state index < -0.39 is 23.7 Å². The minimum Gasteiger partial charge on any atom is -0.508 e. The number of ether oxygens (including phenoxy) is 4. The summed E-state index contributed by atoms with van der Waals surface area (Å²) >= 11 is 0. The van der Waals surface area contributed by atoms with Crippen molar-refractivity contribution in [1.29, 1.82) is 0 Å². The van der Waals surface area contributed by atoms with Crippen LogP contribution in [-0.4, -0.2) is 47.4 Å². The number of aryl methyl sites for hydroxylation is 2. The SMILES string of the molecule is CN=C1[C@@H](c2ccc(O)c(C)c2)O[C@@H](c2ccc(OC)c(O)c2)[C@]12CCC1=C(C2)[C@@H](c2ccc(O)c(OC)c2)O[C@H]1c1ccc(O)c(C)c1. The first-order valence-electron chi connectivity index (χ1n) is 16.4. The van der Waals surface area contributed by atoms with Gasteiger partial charge in [0.2, 0.25) is 0 Å². The molecule has 0 saturated carbocycles. The Morgan fingerprint density at radius 2 is 1.20 bits per heavy atom. The van der Waals surface area contributed by atoms with E-state index in [1.54, 1.807) is 37.4 Å². The van der Waals surface area contributed by atoms with Crippen LogP contribution in [-0.2, 0) is 9.47 Å². The molecule has 4 aromatic rings. The standard InChI is InChI=1S/C40H41NO8/c1-21-16-23(6-10-29(21)42)35-27-14-15-40(20-28(27)36(48-35)25-8-12-31(44)34(19-25)47-5)38(41-3)37(24-7-11-30(43)22(2)17-24)49-39(40)26-9-13-33(46-4)32(45)18-26/h6-13,16-19,35-37,39,42-45H,14-15,20H2,1-5H3/t35-,36+,37+,39-,40-/m0/s1. The fourth-order valence-electron chi connectivity index (χ4n) is 8.03. The summed E-state index contributed by atoms with van der Waals surface area (Å²) in [5.74, 6) is 1.23. The second-order valence-corrected chi connectivity index (χ2v) is 13.2. The van der Waals surface area contributed by atoms with Gasteiger partial charge in [-0.1, -0.05) is 24.3 Å². The summed E-state index contributed by atoms with van der Waals surface area (Å²) in [6.07, 6.45) is 0.159. The molecule has 4 N–H and O–H groups in total. The van der Waals surface area contributed by atoms with Crippen molar-refractivity contribution < 1.29 is 39.4 Å². The zero-order valence-corrected chi connectivity index (χ0v) is 28.2. The van der Waals surface area contributed by atoms with Gasteiger partial charge < -0.3 is 39.4 Å². The second kappa shape index (κ2) is 12.5. The normalized spacial score (nSPS) is 25.6. The molecule has 1 saturated heterocycles. The van der Waals surface area contributed by atoms with Crippen molar-refractivity contribution in [1.82, 2.24) is 0 Å². The zero-order valence-electron chi connectivity index (χ0n) is 28.2. The third kappa shape index (κ3) is 5.37. The lowest BCUT2D eigenvalue weighted by Gasteiger charge is -2.39. The van der Waals surface area contributed by atoms with Crippen LogP contribution >= 0.6 is 0 Å². The lowest BCUT2D eigenvalue weighted by atomic mass is 9.63. The van der Waals surface area contributed by atoms with Gasteiger partial charge in [0.05, 0.1) is 26.0 Å². The second-order valence-electron chi connectivity index (χ2n) is 13.2. The molecule has 3 aliphatic rings. The Kier molecular flexibility index (Phi) is 8.29. The molecule has 49 heavy (non-hydrogen) atoms. The van der Waals surface area contributed by atoms with Crippen LogP contribution in [0.2, 0.25) is 0 Å². The number of benzene rings is 4. The van der Waals surface area contributed by atoms with E-state index in [0.717, 1.165) is 44.7 Å². The van der Waals surface area contributed by atoms with Gasteiger partial charge in [-0.05, 0) is 126 Å². The van der Waals surface area contributed by atoms with Crippen molar-refractivity contribution in [3.63, 3.8) is 0 Å². The molecule has 2 aliphatic heterocycles. The number of phenolic OH excluding ortho intramolecular Hbond substituents is 4. The molecule has 9 heteroatoms. The number of phenols is 4. The first kappa shape index (κ1) is 32.6. The van der Waals surface area contributed by atoms with Crippen molar-refractivity contribution in [2.24, 2.45) is 10.4 Å². The van der Waals surface area contributed by atoms with Crippen molar-refractivity contribution >= 4 is 5.71 Å². The maximum Gasteiger partial charge on any atom is 0.160 e. The van der Waals surface area contributed by atoms with Gasteiger partial charge in [-0.3, -0.25) is 4.99 Å². The minimum atomic E-state index is -0.618. The third-order valence-electron chi connectivity index (χ3n) is 10.5. The summed E-state index contributed by atoms with van der Waals surface area (Å²) in [5.41, 5.74) is 7.52. The van der Waals surface area contributed by atoms with E-state index in [1.165, 1.54) is 19.8 Å². The average Bonchev–Trinajstić information content (AvgIpc) is 3.62. The number of hydrogen-bond acceptors (Lipinski definition) is 9. The highest BCUT2D eigenvalue weighted by Gasteiger charge is 2.58. The average molecular weight is 664 g/mol. The molecule has 1 fully saturated rings. The molecule has 5 atom stereocenters. The quantitative estimate of drug-likeness (QED) is 0.153. The molecule has 0 aromatic heterocycles.